The van der Waals surface area contributed by atoms with Crippen molar-refractivity contribution in [2.75, 3.05) is 18.5 Å². The normalized spacial score (nSPS) is 19.1. The van der Waals surface area contributed by atoms with Crippen LogP contribution >= 0.6 is 0 Å². The molecule has 1 aromatic carbocycles. The number of aliphatic hydroxyl groups is 1. The lowest BCUT2D eigenvalue weighted by molar-refractivity contribution is -0.204. The van der Waals surface area contributed by atoms with E-state index in [9.17, 15) is 18.3 Å². The molecule has 7 nitrogen and oxygen atoms in total. The highest BCUT2D eigenvalue weighted by Crippen LogP contribution is 2.45. The van der Waals surface area contributed by atoms with E-state index in [4.69, 9.17) is 9.47 Å². The molecule has 1 saturated heterocycles. The molecule has 2 aliphatic rings. The van der Waals surface area contributed by atoms with Crippen LogP contribution in [0.3, 0.4) is 0 Å². The number of anilines is 2. The van der Waals surface area contributed by atoms with Crippen LogP contribution in [-0.2, 0) is 21.3 Å². The van der Waals surface area contributed by atoms with Gasteiger partial charge in [0.15, 0.2) is 5.79 Å². The van der Waals surface area contributed by atoms with Gasteiger partial charge < -0.3 is 19.9 Å². The SMILES string of the molecule is Cc1cc(Nc2nccc(C(F)(F)F)n2)cc(-c2ccnc(C3(O)CCC4(CC3)OCCO4)c2)c1. The molecule has 2 aromatic heterocycles. The lowest BCUT2D eigenvalue weighted by atomic mass is 9.78. The van der Waals surface area contributed by atoms with Crippen molar-refractivity contribution in [2.45, 2.75) is 50.2 Å². The van der Waals surface area contributed by atoms with Crippen LogP contribution in [0.4, 0.5) is 24.8 Å². The molecule has 1 aliphatic heterocycles. The molecule has 0 unspecified atom stereocenters. The Bertz CT molecular complexity index is 1220. The molecule has 35 heavy (non-hydrogen) atoms. The number of halogens is 3. The van der Waals surface area contributed by atoms with Gasteiger partial charge in [0.05, 0.1) is 18.9 Å². The van der Waals surface area contributed by atoms with E-state index in [0.29, 0.717) is 50.3 Å². The van der Waals surface area contributed by atoms with Crippen molar-refractivity contribution in [2.24, 2.45) is 0 Å². The lowest BCUT2D eigenvalue weighted by Crippen LogP contribution is -2.42. The van der Waals surface area contributed by atoms with Gasteiger partial charge in [-0.2, -0.15) is 13.2 Å². The summed E-state index contributed by atoms with van der Waals surface area (Å²) in [6, 6.07) is 10.1. The van der Waals surface area contributed by atoms with Crippen molar-refractivity contribution < 1.29 is 27.8 Å². The standard InChI is InChI=1S/C25H25F3N4O3/c1-16-12-18(14-19(13-16)31-22-30-9-3-20(32-22)25(26,27)28)17-2-8-29-21(15-17)23(33)4-6-24(7-5-23)34-10-11-35-24/h2-3,8-9,12-15,33H,4-7,10-11H2,1H3,(H,30,31,32). The van der Waals surface area contributed by atoms with Crippen molar-refractivity contribution in [3.63, 3.8) is 0 Å². The molecule has 0 bridgehead atoms. The Balaban J connectivity index is 1.39. The van der Waals surface area contributed by atoms with Gasteiger partial charge in [-0.15, -0.1) is 0 Å². The second-order valence-electron chi connectivity index (χ2n) is 9.04. The van der Waals surface area contributed by atoms with Crippen molar-refractivity contribution >= 4 is 11.6 Å². The minimum atomic E-state index is -4.56. The third-order valence-corrected chi connectivity index (χ3v) is 6.50. The minimum Gasteiger partial charge on any atom is -0.384 e. The Morgan fingerprint density at radius 3 is 2.34 bits per heavy atom. The Morgan fingerprint density at radius 1 is 0.914 bits per heavy atom. The summed E-state index contributed by atoms with van der Waals surface area (Å²) in [7, 11) is 0. The van der Waals surface area contributed by atoms with Gasteiger partial charge in [-0.25, -0.2) is 9.97 Å². The first kappa shape index (κ1) is 23.7. The first-order valence-electron chi connectivity index (χ1n) is 11.4. The number of aromatic nitrogens is 3. The predicted molar refractivity (Wildman–Crippen MR) is 122 cm³/mol. The number of hydrogen-bond acceptors (Lipinski definition) is 7. The Kier molecular flexibility index (Phi) is 5.98. The summed E-state index contributed by atoms with van der Waals surface area (Å²) in [6.45, 7) is 3.03. The van der Waals surface area contributed by atoms with Crippen LogP contribution in [0.15, 0.2) is 48.8 Å². The second-order valence-corrected chi connectivity index (χ2v) is 9.04. The molecular weight excluding hydrogens is 461 g/mol. The quantitative estimate of drug-likeness (QED) is 0.530. The zero-order chi connectivity index (χ0) is 24.7. The number of aryl methyl sites for hydroxylation is 1. The van der Waals surface area contributed by atoms with Gasteiger partial charge in [-0.3, -0.25) is 4.98 Å². The molecule has 184 valence electrons. The fourth-order valence-corrected chi connectivity index (χ4v) is 4.68. The molecule has 3 aromatic rings. The minimum absolute atomic E-state index is 0.145. The Labute approximate surface area is 200 Å². The summed E-state index contributed by atoms with van der Waals surface area (Å²) in [5.41, 5.74) is 1.55. The summed E-state index contributed by atoms with van der Waals surface area (Å²) in [5, 5.41) is 14.2. The van der Waals surface area contributed by atoms with E-state index in [1.54, 1.807) is 18.3 Å². The Hall–Kier alpha value is -3.08. The number of alkyl halides is 3. The van der Waals surface area contributed by atoms with Crippen molar-refractivity contribution in [1.82, 2.24) is 15.0 Å². The van der Waals surface area contributed by atoms with Crippen LogP contribution < -0.4 is 5.32 Å². The third-order valence-electron chi connectivity index (χ3n) is 6.50. The second kappa shape index (κ2) is 8.85. The highest BCUT2D eigenvalue weighted by molar-refractivity contribution is 5.71. The van der Waals surface area contributed by atoms with Crippen molar-refractivity contribution in [3.8, 4) is 11.1 Å². The zero-order valence-electron chi connectivity index (χ0n) is 19.1. The van der Waals surface area contributed by atoms with Gasteiger partial charge in [-0.05, 0) is 66.8 Å². The highest BCUT2D eigenvalue weighted by atomic mass is 19.4. The van der Waals surface area contributed by atoms with Gasteiger partial charge in [-0.1, -0.05) is 6.07 Å². The van der Waals surface area contributed by atoms with E-state index >= 15 is 0 Å². The molecule has 2 fully saturated rings. The van der Waals surface area contributed by atoms with Crippen molar-refractivity contribution in [3.05, 3.63) is 65.7 Å². The van der Waals surface area contributed by atoms with E-state index in [0.717, 1.165) is 29.0 Å². The van der Waals surface area contributed by atoms with Crippen LogP contribution in [0.1, 0.15) is 42.6 Å². The number of nitrogens with one attached hydrogen (secondary N) is 1. The van der Waals surface area contributed by atoms with Crippen LogP contribution in [0.2, 0.25) is 0 Å². The van der Waals surface area contributed by atoms with Crippen LogP contribution in [0, 0.1) is 6.92 Å². The molecule has 1 spiro atoms. The van der Waals surface area contributed by atoms with Gasteiger partial charge in [0.25, 0.3) is 0 Å². The molecule has 0 amide bonds. The van der Waals surface area contributed by atoms with E-state index in [1.807, 2.05) is 25.1 Å². The number of nitrogens with zero attached hydrogens (tertiary/aromatic N) is 3. The van der Waals surface area contributed by atoms with E-state index in [-0.39, 0.29) is 5.95 Å². The number of ether oxygens (including phenoxy) is 2. The average molecular weight is 486 g/mol. The summed E-state index contributed by atoms with van der Waals surface area (Å²) in [6.07, 6.45) is 0.283. The highest BCUT2D eigenvalue weighted by Gasteiger charge is 2.46. The van der Waals surface area contributed by atoms with Crippen LogP contribution in [0.5, 0.6) is 0 Å². The Morgan fingerprint density at radius 2 is 1.63 bits per heavy atom. The first-order valence-corrected chi connectivity index (χ1v) is 11.4. The topological polar surface area (TPSA) is 89.4 Å². The van der Waals surface area contributed by atoms with E-state index in [2.05, 4.69) is 20.3 Å². The predicted octanol–water partition coefficient (Wildman–Crippen LogP) is 5.11. The fraction of sp³-hybridized carbons (Fsp3) is 0.400. The summed E-state index contributed by atoms with van der Waals surface area (Å²) >= 11 is 0. The molecule has 0 atom stereocenters. The molecule has 0 radical (unpaired) electrons. The summed E-state index contributed by atoms with van der Waals surface area (Å²) in [4.78, 5) is 11.9. The molecule has 5 rings (SSSR count). The first-order chi connectivity index (χ1) is 16.6. The molecule has 1 aliphatic carbocycles. The zero-order valence-corrected chi connectivity index (χ0v) is 19.1. The van der Waals surface area contributed by atoms with Crippen LogP contribution in [0.25, 0.3) is 11.1 Å². The molecule has 10 heteroatoms. The molecule has 1 saturated carbocycles. The maximum absolute atomic E-state index is 13.0. The number of hydrogen-bond donors (Lipinski definition) is 2. The number of pyridine rings is 1. The van der Waals surface area contributed by atoms with Crippen molar-refractivity contribution in [1.29, 1.82) is 0 Å². The lowest BCUT2D eigenvalue weighted by Gasteiger charge is -2.40. The molecule has 3 heterocycles. The maximum atomic E-state index is 13.0. The maximum Gasteiger partial charge on any atom is 0.433 e. The monoisotopic (exact) mass is 486 g/mol. The number of benzene rings is 1. The molecule has 2 N–H and O–H groups in total. The van der Waals surface area contributed by atoms with Gasteiger partial charge in [0.1, 0.15) is 11.3 Å². The molecular formula is C25H25F3N4O3. The third kappa shape index (κ3) is 5.00. The number of rotatable bonds is 4. The average Bonchev–Trinajstić information content (AvgIpc) is 3.29. The van der Waals surface area contributed by atoms with Gasteiger partial charge in [0, 0.05) is 30.9 Å². The summed E-state index contributed by atoms with van der Waals surface area (Å²) < 4.78 is 50.6. The summed E-state index contributed by atoms with van der Waals surface area (Å²) in [5.74, 6) is -0.736. The smallest absolute Gasteiger partial charge is 0.384 e. The largest absolute Gasteiger partial charge is 0.433 e. The van der Waals surface area contributed by atoms with Gasteiger partial charge in [0.2, 0.25) is 5.95 Å². The van der Waals surface area contributed by atoms with E-state index < -0.39 is 23.3 Å². The van der Waals surface area contributed by atoms with Gasteiger partial charge >= 0.3 is 6.18 Å². The van der Waals surface area contributed by atoms with E-state index in [1.165, 1.54) is 0 Å². The fourth-order valence-electron chi connectivity index (χ4n) is 4.68. The van der Waals surface area contributed by atoms with Crippen LogP contribution in [-0.4, -0.2) is 39.1 Å².